The molecular weight excluding hydrogens is 522 g/mol. The van der Waals surface area contributed by atoms with E-state index < -0.39 is 11.9 Å². The summed E-state index contributed by atoms with van der Waals surface area (Å²) in [6, 6.07) is 17.6. The summed E-state index contributed by atoms with van der Waals surface area (Å²) in [5.74, 6) is -0.353. The van der Waals surface area contributed by atoms with E-state index in [0.717, 1.165) is 5.56 Å². The number of para-hydroxylation sites is 1. The van der Waals surface area contributed by atoms with Gasteiger partial charge >= 0.3 is 6.18 Å². The Balaban J connectivity index is 1.74. The number of carbonyl (C=O) groups excluding carboxylic acids is 1. The minimum Gasteiger partial charge on any atom is -0.354 e. The topological polar surface area (TPSA) is 65.0 Å². The Morgan fingerprint density at radius 1 is 0.914 bits per heavy atom. The molecule has 0 spiro atoms. The van der Waals surface area contributed by atoms with Crippen LogP contribution in [0.4, 0.5) is 18.9 Å². The monoisotopic (exact) mass is 539 g/mol. The van der Waals surface area contributed by atoms with Crippen LogP contribution in [0.1, 0.15) is 21.5 Å². The van der Waals surface area contributed by atoms with E-state index in [9.17, 15) is 18.0 Å². The number of allylic oxidation sites excluding steroid dienone is 1. The smallest absolute Gasteiger partial charge is 0.354 e. The maximum Gasteiger partial charge on any atom is 0.432 e. The Labute approximate surface area is 215 Å². The van der Waals surface area contributed by atoms with Gasteiger partial charge in [-0.05, 0) is 60.0 Å². The van der Waals surface area contributed by atoms with Crippen LogP contribution in [0.3, 0.4) is 0 Å². The number of rotatable bonds is 8. The largest absolute Gasteiger partial charge is 0.432 e. The van der Waals surface area contributed by atoms with Crippen molar-refractivity contribution in [1.82, 2.24) is 5.32 Å². The summed E-state index contributed by atoms with van der Waals surface area (Å²) in [7, 11) is 0. The summed E-state index contributed by atoms with van der Waals surface area (Å²) < 4.78 is 39.0. The number of carbonyl (C=O) groups is 1. The Hall–Kier alpha value is -3.00. The molecule has 182 valence electrons. The molecule has 3 rings (SSSR count). The van der Waals surface area contributed by atoms with Gasteiger partial charge in [-0.3, -0.25) is 10.2 Å². The van der Waals surface area contributed by atoms with Gasteiger partial charge in [0.1, 0.15) is 5.71 Å². The fourth-order valence-corrected chi connectivity index (χ4v) is 3.75. The van der Waals surface area contributed by atoms with Gasteiger partial charge in [-0.15, -0.1) is 0 Å². The van der Waals surface area contributed by atoms with E-state index in [1.165, 1.54) is 24.3 Å². The summed E-state index contributed by atoms with van der Waals surface area (Å²) in [6.45, 7) is 0.323. The molecule has 0 bridgehead atoms. The lowest BCUT2D eigenvalue weighted by Crippen LogP contribution is -2.25. The molecule has 3 aromatic carbocycles. The summed E-state index contributed by atoms with van der Waals surface area (Å²) in [6.07, 6.45) is -3.65. The first-order chi connectivity index (χ1) is 16.5. The van der Waals surface area contributed by atoms with Crippen LogP contribution in [0, 0.1) is 5.41 Å². The molecule has 0 aliphatic heterocycles. The second-order valence-electron chi connectivity index (χ2n) is 7.39. The molecule has 0 radical (unpaired) electrons. The minimum absolute atomic E-state index is 0.00441. The third kappa shape index (κ3) is 7.49. The highest BCUT2D eigenvalue weighted by atomic mass is 35.5. The minimum atomic E-state index is -4.82. The fraction of sp³-hybridized carbons (Fsp3) is 0.120. The van der Waals surface area contributed by atoms with Crippen molar-refractivity contribution in [2.45, 2.75) is 12.6 Å². The average Bonchev–Trinajstić information content (AvgIpc) is 2.80. The van der Waals surface area contributed by atoms with Gasteiger partial charge in [0, 0.05) is 27.9 Å². The highest BCUT2D eigenvalue weighted by molar-refractivity contribution is 6.35. The molecule has 0 unspecified atom stereocenters. The van der Waals surface area contributed by atoms with Crippen molar-refractivity contribution in [2.75, 3.05) is 11.9 Å². The highest BCUT2D eigenvalue weighted by Crippen LogP contribution is 2.27. The summed E-state index contributed by atoms with van der Waals surface area (Å²) in [5, 5.41) is 14.3. The van der Waals surface area contributed by atoms with E-state index in [4.69, 9.17) is 40.2 Å². The van der Waals surface area contributed by atoms with Crippen molar-refractivity contribution < 1.29 is 18.0 Å². The number of nitrogens with one attached hydrogen (secondary N) is 3. The van der Waals surface area contributed by atoms with Crippen LogP contribution in [0.2, 0.25) is 15.1 Å². The van der Waals surface area contributed by atoms with Gasteiger partial charge in [-0.1, -0.05) is 65.1 Å². The predicted molar refractivity (Wildman–Crippen MR) is 136 cm³/mol. The first kappa shape index (κ1) is 26.6. The third-order valence-electron chi connectivity index (χ3n) is 4.89. The molecule has 10 heteroatoms. The Morgan fingerprint density at radius 3 is 2.20 bits per heavy atom. The SMILES string of the molecule is N=C(/C=C(\Nc1ccccc1Cl)c1ccc(C(=O)NCCc2ccc(Cl)cc2Cl)cc1)C(F)(F)F. The Bertz CT molecular complexity index is 1260. The molecule has 0 aromatic heterocycles. The molecule has 3 aromatic rings. The second kappa shape index (κ2) is 11.6. The third-order valence-corrected chi connectivity index (χ3v) is 5.81. The highest BCUT2D eigenvalue weighted by Gasteiger charge is 2.33. The zero-order valence-electron chi connectivity index (χ0n) is 18.0. The Morgan fingerprint density at radius 2 is 1.57 bits per heavy atom. The number of benzene rings is 3. The molecule has 35 heavy (non-hydrogen) atoms. The molecule has 0 saturated carbocycles. The average molecular weight is 541 g/mol. The van der Waals surface area contributed by atoms with Crippen molar-refractivity contribution in [3.63, 3.8) is 0 Å². The first-order valence-corrected chi connectivity index (χ1v) is 11.4. The number of alkyl halides is 3. The lowest BCUT2D eigenvalue weighted by molar-refractivity contribution is -0.0583. The normalized spacial score (nSPS) is 11.8. The number of anilines is 1. The van der Waals surface area contributed by atoms with E-state index in [2.05, 4.69) is 10.6 Å². The molecule has 0 heterocycles. The number of amides is 1. The van der Waals surface area contributed by atoms with Crippen LogP contribution in [0.25, 0.3) is 5.70 Å². The molecule has 0 fully saturated rings. The number of hydrogen-bond acceptors (Lipinski definition) is 3. The van der Waals surface area contributed by atoms with Gasteiger partial charge in [-0.2, -0.15) is 13.2 Å². The van der Waals surface area contributed by atoms with Gasteiger partial charge in [0.05, 0.1) is 10.7 Å². The van der Waals surface area contributed by atoms with Crippen molar-refractivity contribution in [1.29, 1.82) is 5.41 Å². The lowest BCUT2D eigenvalue weighted by Gasteiger charge is -2.15. The number of halogens is 6. The summed E-state index contributed by atoms with van der Waals surface area (Å²) in [5.41, 5.74) is 0.333. The van der Waals surface area contributed by atoms with Gasteiger partial charge in [0.2, 0.25) is 0 Å². The molecule has 0 saturated heterocycles. The van der Waals surface area contributed by atoms with Crippen molar-refractivity contribution >= 4 is 57.8 Å². The summed E-state index contributed by atoms with van der Waals surface area (Å²) in [4.78, 5) is 12.5. The Kier molecular flexibility index (Phi) is 8.83. The van der Waals surface area contributed by atoms with E-state index in [0.29, 0.717) is 50.9 Å². The van der Waals surface area contributed by atoms with E-state index in [-0.39, 0.29) is 11.6 Å². The van der Waals surface area contributed by atoms with Crippen LogP contribution in [0.15, 0.2) is 72.8 Å². The van der Waals surface area contributed by atoms with Gasteiger partial charge in [0.15, 0.2) is 0 Å². The molecule has 3 N–H and O–H groups in total. The number of hydrogen-bond donors (Lipinski definition) is 3. The molecular formula is C25H19Cl3F3N3O. The van der Waals surface area contributed by atoms with E-state index in [1.54, 1.807) is 42.5 Å². The van der Waals surface area contributed by atoms with Crippen molar-refractivity contribution in [3.8, 4) is 0 Å². The quantitative estimate of drug-likeness (QED) is 0.257. The fourth-order valence-electron chi connectivity index (χ4n) is 3.06. The van der Waals surface area contributed by atoms with Crippen LogP contribution >= 0.6 is 34.8 Å². The van der Waals surface area contributed by atoms with Crippen molar-refractivity contribution in [2.24, 2.45) is 0 Å². The molecule has 1 amide bonds. The van der Waals surface area contributed by atoms with Gasteiger partial charge in [0.25, 0.3) is 5.91 Å². The van der Waals surface area contributed by atoms with Crippen LogP contribution in [-0.4, -0.2) is 24.3 Å². The van der Waals surface area contributed by atoms with Crippen LogP contribution in [0.5, 0.6) is 0 Å². The molecule has 0 aliphatic carbocycles. The lowest BCUT2D eigenvalue weighted by atomic mass is 10.1. The summed E-state index contributed by atoms with van der Waals surface area (Å²) >= 11 is 18.1. The first-order valence-electron chi connectivity index (χ1n) is 10.3. The molecule has 0 atom stereocenters. The zero-order valence-corrected chi connectivity index (χ0v) is 20.3. The molecule has 0 aliphatic rings. The predicted octanol–water partition coefficient (Wildman–Crippen LogP) is 7.65. The standard InChI is InChI=1S/C25H19Cl3F3N3O/c26-18-10-9-15(20(28)13-18)11-12-33-24(35)17-7-5-16(6-8-17)22(14-23(32)25(29,30)31)34-21-4-2-1-3-19(21)27/h1-10,13-14,32,34H,11-12H2,(H,33,35)/b22-14-,32-23?. The van der Waals surface area contributed by atoms with Crippen LogP contribution in [-0.2, 0) is 6.42 Å². The zero-order chi connectivity index (χ0) is 25.6. The van der Waals surface area contributed by atoms with Gasteiger partial charge < -0.3 is 10.6 Å². The maximum absolute atomic E-state index is 13.0. The maximum atomic E-state index is 13.0. The second-order valence-corrected chi connectivity index (χ2v) is 8.64. The van der Waals surface area contributed by atoms with E-state index in [1.807, 2.05) is 0 Å². The van der Waals surface area contributed by atoms with Gasteiger partial charge in [-0.25, -0.2) is 0 Å². The van der Waals surface area contributed by atoms with E-state index >= 15 is 0 Å². The molecule has 4 nitrogen and oxygen atoms in total. The van der Waals surface area contributed by atoms with Crippen LogP contribution < -0.4 is 10.6 Å². The van der Waals surface area contributed by atoms with Crippen molar-refractivity contribution in [3.05, 3.63) is 105 Å².